The first-order valence-corrected chi connectivity index (χ1v) is 4.01. The summed E-state index contributed by atoms with van der Waals surface area (Å²) in [6.45, 7) is 2.10. The van der Waals surface area contributed by atoms with E-state index in [1.807, 2.05) is 6.07 Å². The van der Waals surface area contributed by atoms with Crippen molar-refractivity contribution in [1.82, 2.24) is 4.98 Å². The number of nitrogen functional groups attached to an aromatic ring is 1. The van der Waals surface area contributed by atoms with Gasteiger partial charge in [0.05, 0.1) is 5.02 Å². The van der Waals surface area contributed by atoms with Crippen molar-refractivity contribution in [2.75, 3.05) is 5.73 Å². The van der Waals surface area contributed by atoms with Gasteiger partial charge in [-0.05, 0) is 18.1 Å². The highest BCUT2D eigenvalue weighted by atomic mass is 35.5. The molecule has 0 bridgehead atoms. The zero-order valence-corrected chi connectivity index (χ0v) is 7.23. The minimum atomic E-state index is 0.594. The molecule has 1 heterocycles. The lowest BCUT2D eigenvalue weighted by Crippen LogP contribution is -1.96. The van der Waals surface area contributed by atoms with Crippen LogP contribution in [-0.4, -0.2) is 4.98 Å². The molecule has 0 amide bonds. The van der Waals surface area contributed by atoms with Crippen LogP contribution in [0.25, 0.3) is 0 Å². The molecule has 0 unspecified atom stereocenters. The van der Waals surface area contributed by atoms with Crippen LogP contribution in [0.2, 0.25) is 5.02 Å². The van der Waals surface area contributed by atoms with Crippen molar-refractivity contribution in [1.29, 1.82) is 0 Å². The van der Waals surface area contributed by atoms with Gasteiger partial charge in [-0.3, -0.25) is 0 Å². The predicted molar refractivity (Wildman–Crippen MR) is 47.7 cm³/mol. The number of aromatic nitrogens is 1. The summed E-state index contributed by atoms with van der Waals surface area (Å²) in [5.74, 6) is 0.594. The molecule has 1 rings (SSSR count). The summed E-state index contributed by atoms with van der Waals surface area (Å²) in [4.78, 5) is 3.94. The molecule has 0 aliphatic rings. The van der Waals surface area contributed by atoms with Crippen molar-refractivity contribution in [2.24, 2.45) is 0 Å². The van der Waals surface area contributed by atoms with Crippen LogP contribution in [-0.2, 0) is 6.42 Å². The number of halogens is 1. The molecule has 0 radical (unpaired) electrons. The fraction of sp³-hybridized carbons (Fsp3) is 0.375. The Balaban J connectivity index is 2.93. The molecule has 3 heteroatoms. The molecule has 0 saturated heterocycles. The molecular weight excluding hydrogens is 160 g/mol. The third kappa shape index (κ3) is 2.09. The summed E-state index contributed by atoms with van der Waals surface area (Å²) < 4.78 is 0. The molecule has 0 aliphatic carbocycles. The van der Waals surface area contributed by atoms with Crippen LogP contribution in [0.3, 0.4) is 0 Å². The molecule has 0 aliphatic heterocycles. The normalized spacial score (nSPS) is 10.0. The van der Waals surface area contributed by atoms with E-state index in [1.54, 1.807) is 6.20 Å². The number of rotatable bonds is 2. The van der Waals surface area contributed by atoms with Gasteiger partial charge in [0, 0.05) is 6.20 Å². The molecule has 60 valence electrons. The zero-order valence-electron chi connectivity index (χ0n) is 6.47. The summed E-state index contributed by atoms with van der Waals surface area (Å²) >= 11 is 5.73. The van der Waals surface area contributed by atoms with E-state index in [-0.39, 0.29) is 0 Å². The average molecular weight is 171 g/mol. The standard InChI is InChI=1S/C8H11ClN2/c1-2-3-6-4-7(9)5-11-8(6)10/h4-5H,2-3H2,1H3,(H2,10,11). The van der Waals surface area contributed by atoms with Crippen LogP contribution in [0.15, 0.2) is 12.3 Å². The Hall–Kier alpha value is -0.760. The quantitative estimate of drug-likeness (QED) is 0.740. The van der Waals surface area contributed by atoms with E-state index < -0.39 is 0 Å². The van der Waals surface area contributed by atoms with Gasteiger partial charge in [0.1, 0.15) is 5.82 Å². The summed E-state index contributed by atoms with van der Waals surface area (Å²) in [6.07, 6.45) is 3.57. The number of hydrogen-bond acceptors (Lipinski definition) is 2. The molecule has 1 aromatic rings. The van der Waals surface area contributed by atoms with E-state index in [4.69, 9.17) is 17.3 Å². The molecule has 2 N–H and O–H groups in total. The predicted octanol–water partition coefficient (Wildman–Crippen LogP) is 2.27. The van der Waals surface area contributed by atoms with Crippen molar-refractivity contribution in [2.45, 2.75) is 19.8 Å². The number of hydrogen-bond donors (Lipinski definition) is 1. The second-order valence-electron chi connectivity index (χ2n) is 2.45. The monoisotopic (exact) mass is 170 g/mol. The van der Waals surface area contributed by atoms with Gasteiger partial charge < -0.3 is 5.73 Å². The number of nitrogens with zero attached hydrogens (tertiary/aromatic N) is 1. The number of aryl methyl sites for hydroxylation is 1. The Bertz CT molecular complexity index is 248. The number of pyridine rings is 1. The van der Waals surface area contributed by atoms with Crippen molar-refractivity contribution in [3.8, 4) is 0 Å². The summed E-state index contributed by atoms with van der Waals surface area (Å²) in [7, 11) is 0. The van der Waals surface area contributed by atoms with Crippen LogP contribution in [0.4, 0.5) is 5.82 Å². The fourth-order valence-corrected chi connectivity index (χ4v) is 1.14. The Morgan fingerprint density at radius 2 is 2.36 bits per heavy atom. The highest BCUT2D eigenvalue weighted by Crippen LogP contribution is 2.15. The van der Waals surface area contributed by atoms with Crippen LogP contribution in [0, 0.1) is 0 Å². The van der Waals surface area contributed by atoms with Crippen LogP contribution in [0.1, 0.15) is 18.9 Å². The summed E-state index contributed by atoms with van der Waals surface area (Å²) in [5.41, 5.74) is 6.65. The lowest BCUT2D eigenvalue weighted by Gasteiger charge is -2.01. The van der Waals surface area contributed by atoms with E-state index >= 15 is 0 Å². The van der Waals surface area contributed by atoms with Crippen molar-refractivity contribution in [3.05, 3.63) is 22.8 Å². The molecule has 0 atom stereocenters. The number of anilines is 1. The van der Waals surface area contributed by atoms with Crippen molar-refractivity contribution >= 4 is 17.4 Å². The van der Waals surface area contributed by atoms with Crippen molar-refractivity contribution < 1.29 is 0 Å². The minimum absolute atomic E-state index is 0.594. The van der Waals surface area contributed by atoms with Gasteiger partial charge in [0.15, 0.2) is 0 Å². The van der Waals surface area contributed by atoms with Crippen molar-refractivity contribution in [3.63, 3.8) is 0 Å². The zero-order chi connectivity index (χ0) is 8.27. The van der Waals surface area contributed by atoms with Gasteiger partial charge in [-0.25, -0.2) is 4.98 Å². The topological polar surface area (TPSA) is 38.9 Å². The molecule has 0 spiro atoms. The third-order valence-corrected chi connectivity index (χ3v) is 1.69. The SMILES string of the molecule is CCCc1cc(Cl)cnc1N. The molecule has 1 aromatic heterocycles. The molecular formula is C8H11ClN2. The van der Waals surface area contributed by atoms with Gasteiger partial charge >= 0.3 is 0 Å². The van der Waals surface area contributed by atoms with Gasteiger partial charge in [0.2, 0.25) is 0 Å². The van der Waals surface area contributed by atoms with Gasteiger partial charge in [-0.2, -0.15) is 0 Å². The minimum Gasteiger partial charge on any atom is -0.383 e. The van der Waals surface area contributed by atoms with Crippen LogP contribution in [0.5, 0.6) is 0 Å². The van der Waals surface area contributed by atoms with Gasteiger partial charge in [0.25, 0.3) is 0 Å². The first-order chi connectivity index (χ1) is 5.24. The molecule has 0 saturated carbocycles. The lowest BCUT2D eigenvalue weighted by atomic mass is 10.1. The Morgan fingerprint density at radius 3 is 3.00 bits per heavy atom. The second kappa shape index (κ2) is 3.58. The molecule has 0 fully saturated rings. The van der Waals surface area contributed by atoms with E-state index in [0.29, 0.717) is 10.8 Å². The fourth-order valence-electron chi connectivity index (χ4n) is 0.961. The van der Waals surface area contributed by atoms with Gasteiger partial charge in [-0.15, -0.1) is 0 Å². The van der Waals surface area contributed by atoms with Crippen LogP contribution >= 0.6 is 11.6 Å². The second-order valence-corrected chi connectivity index (χ2v) is 2.88. The Morgan fingerprint density at radius 1 is 1.64 bits per heavy atom. The average Bonchev–Trinajstić information content (AvgIpc) is 1.98. The van der Waals surface area contributed by atoms with E-state index in [2.05, 4.69) is 11.9 Å². The molecule has 2 nitrogen and oxygen atoms in total. The molecule has 11 heavy (non-hydrogen) atoms. The largest absolute Gasteiger partial charge is 0.383 e. The summed E-state index contributed by atoms with van der Waals surface area (Å²) in [5, 5.41) is 0.655. The number of nitrogens with two attached hydrogens (primary N) is 1. The Kier molecular flexibility index (Phi) is 2.71. The highest BCUT2D eigenvalue weighted by molar-refractivity contribution is 6.30. The van der Waals surface area contributed by atoms with E-state index in [1.165, 1.54) is 0 Å². The molecule has 0 aromatic carbocycles. The highest BCUT2D eigenvalue weighted by Gasteiger charge is 1.99. The third-order valence-electron chi connectivity index (χ3n) is 1.49. The maximum Gasteiger partial charge on any atom is 0.126 e. The van der Waals surface area contributed by atoms with Gasteiger partial charge in [-0.1, -0.05) is 24.9 Å². The maximum absolute atomic E-state index is 5.73. The Labute approximate surface area is 71.4 Å². The first kappa shape index (κ1) is 8.34. The van der Waals surface area contributed by atoms with E-state index in [9.17, 15) is 0 Å². The van der Waals surface area contributed by atoms with Crippen LogP contribution < -0.4 is 5.73 Å². The smallest absolute Gasteiger partial charge is 0.126 e. The maximum atomic E-state index is 5.73. The first-order valence-electron chi connectivity index (χ1n) is 3.64. The summed E-state index contributed by atoms with van der Waals surface area (Å²) in [6, 6.07) is 1.87. The van der Waals surface area contributed by atoms with E-state index in [0.717, 1.165) is 18.4 Å². The lowest BCUT2D eigenvalue weighted by molar-refractivity contribution is 0.918.